The molecule has 5 aromatic rings. The summed E-state index contributed by atoms with van der Waals surface area (Å²) in [5.74, 6) is 2.71. The normalized spacial score (nSPS) is 11.2. The molecular weight excluding hydrogens is 557 g/mol. The lowest BCUT2D eigenvalue weighted by molar-refractivity contribution is 0.413. The van der Waals surface area contributed by atoms with Gasteiger partial charge >= 0.3 is 0 Å². The lowest BCUT2D eigenvalue weighted by Crippen LogP contribution is -2.23. The Morgan fingerprint density at radius 2 is 1.56 bits per heavy atom. The highest BCUT2D eigenvalue weighted by molar-refractivity contribution is 6.31. The van der Waals surface area contributed by atoms with Crippen LogP contribution < -0.4 is 25.4 Å². The molecule has 0 bridgehead atoms. The summed E-state index contributed by atoms with van der Waals surface area (Å²) in [6.45, 7) is 1.31. The van der Waals surface area contributed by atoms with Gasteiger partial charge in [-0.25, -0.2) is 0 Å². The highest BCUT2D eigenvalue weighted by atomic mass is 35.5. The maximum absolute atomic E-state index is 6.17. The minimum Gasteiger partial charge on any atom is -0.497 e. The fraction of sp³-hybridized carbons (Fsp3) is 0.125. The molecule has 0 saturated heterocycles. The number of guanidine groups is 1. The topological polar surface area (TPSA) is 79.8 Å². The zero-order valence-electron chi connectivity index (χ0n) is 22.4. The quantitative estimate of drug-likeness (QED) is 0.0863. The Morgan fingerprint density at radius 3 is 2.37 bits per heavy atom. The molecule has 0 saturated carbocycles. The number of anilines is 3. The first-order chi connectivity index (χ1) is 20.1. The van der Waals surface area contributed by atoms with Gasteiger partial charge in [-0.15, -0.1) is 0 Å². The van der Waals surface area contributed by atoms with E-state index < -0.39 is 0 Å². The van der Waals surface area contributed by atoms with Gasteiger partial charge in [0.25, 0.3) is 0 Å². The number of hydrogen-bond donors (Lipinski definition) is 3. The van der Waals surface area contributed by atoms with Crippen LogP contribution in [0, 0.1) is 0 Å². The number of halogens is 2. The van der Waals surface area contributed by atoms with Crippen LogP contribution in [0.4, 0.5) is 17.1 Å². The van der Waals surface area contributed by atoms with E-state index in [0.29, 0.717) is 34.0 Å². The molecule has 0 aliphatic heterocycles. The zero-order chi connectivity index (χ0) is 28.4. The average molecular weight is 587 g/mol. The molecule has 0 aliphatic carbocycles. The van der Waals surface area contributed by atoms with Crippen LogP contribution >= 0.6 is 23.2 Å². The highest BCUT2D eigenvalue weighted by Crippen LogP contribution is 2.30. The molecule has 41 heavy (non-hydrogen) atoms. The van der Waals surface area contributed by atoms with E-state index in [9.17, 15) is 0 Å². The van der Waals surface area contributed by atoms with Crippen LogP contribution in [0.15, 0.2) is 108 Å². The molecule has 1 heterocycles. The number of nitrogens with one attached hydrogen (secondary N) is 3. The molecule has 1 aromatic heterocycles. The minimum absolute atomic E-state index is 0.576. The van der Waals surface area contributed by atoms with Crippen LogP contribution in [-0.2, 0) is 0 Å². The molecule has 0 radical (unpaired) electrons. The molecule has 0 spiro atoms. The summed E-state index contributed by atoms with van der Waals surface area (Å²) in [5, 5.41) is 12.6. The molecule has 0 atom stereocenters. The van der Waals surface area contributed by atoms with E-state index in [1.807, 2.05) is 97.1 Å². The Balaban J connectivity index is 1.28. The van der Waals surface area contributed by atoms with Crippen LogP contribution in [-0.4, -0.2) is 31.1 Å². The monoisotopic (exact) mass is 585 g/mol. The molecule has 0 fully saturated rings. The number of fused-ring (bicyclic) bond motifs is 1. The summed E-state index contributed by atoms with van der Waals surface area (Å²) in [6, 6.07) is 30.3. The van der Waals surface area contributed by atoms with Crippen molar-refractivity contribution >= 4 is 57.1 Å². The molecule has 4 aromatic carbocycles. The number of benzene rings is 4. The number of aliphatic imine (C=N–C) groups is 1. The number of aromatic nitrogens is 1. The van der Waals surface area contributed by atoms with Crippen molar-refractivity contribution in [2.24, 2.45) is 4.99 Å². The van der Waals surface area contributed by atoms with Gasteiger partial charge in [0.15, 0.2) is 11.7 Å². The predicted molar refractivity (Wildman–Crippen MR) is 170 cm³/mol. The van der Waals surface area contributed by atoms with Crippen LogP contribution in [0.3, 0.4) is 0 Å². The maximum Gasteiger partial charge on any atom is 0.200 e. The van der Waals surface area contributed by atoms with Crippen LogP contribution in [0.1, 0.15) is 6.42 Å². The molecule has 0 unspecified atom stereocenters. The Kier molecular flexibility index (Phi) is 9.41. The van der Waals surface area contributed by atoms with Gasteiger partial charge < -0.3 is 25.4 Å². The molecule has 9 heteroatoms. The summed E-state index contributed by atoms with van der Waals surface area (Å²) in [7, 11) is 1.64. The van der Waals surface area contributed by atoms with Gasteiger partial charge in [0, 0.05) is 46.1 Å². The maximum atomic E-state index is 6.17. The molecule has 7 nitrogen and oxygen atoms in total. The number of para-hydroxylation sites is 2. The first kappa shape index (κ1) is 28.1. The van der Waals surface area contributed by atoms with Gasteiger partial charge in [-0.2, -0.15) is 0 Å². The lowest BCUT2D eigenvalue weighted by atomic mass is 10.2. The van der Waals surface area contributed by atoms with Crippen molar-refractivity contribution in [3.05, 3.63) is 113 Å². The van der Waals surface area contributed by atoms with E-state index in [4.69, 9.17) is 37.7 Å². The summed E-state index contributed by atoms with van der Waals surface area (Å²) in [5.41, 5.74) is 3.49. The fourth-order valence-electron chi connectivity index (χ4n) is 4.11. The van der Waals surface area contributed by atoms with Crippen molar-refractivity contribution in [2.45, 2.75) is 6.42 Å². The first-order valence-electron chi connectivity index (χ1n) is 13.1. The van der Waals surface area contributed by atoms with Gasteiger partial charge in [0.2, 0.25) is 0 Å². The fourth-order valence-corrected chi connectivity index (χ4v) is 4.40. The van der Waals surface area contributed by atoms with Crippen molar-refractivity contribution in [2.75, 3.05) is 36.1 Å². The number of nitrogens with zero attached hydrogens (tertiary/aromatic N) is 2. The summed E-state index contributed by atoms with van der Waals surface area (Å²) >= 11 is 12.2. The van der Waals surface area contributed by atoms with E-state index in [1.165, 1.54) is 0 Å². The molecule has 3 N–H and O–H groups in total. The Bertz CT molecular complexity index is 1630. The van der Waals surface area contributed by atoms with E-state index >= 15 is 0 Å². The van der Waals surface area contributed by atoms with Crippen molar-refractivity contribution < 1.29 is 9.47 Å². The third-order valence-corrected chi connectivity index (χ3v) is 6.65. The number of pyridine rings is 1. The van der Waals surface area contributed by atoms with E-state index in [2.05, 4.69) is 20.9 Å². The third-order valence-electron chi connectivity index (χ3n) is 6.16. The largest absolute Gasteiger partial charge is 0.497 e. The van der Waals surface area contributed by atoms with E-state index in [1.54, 1.807) is 13.3 Å². The molecular formula is C32H29Cl2N5O2. The number of hydrogen-bond acceptors (Lipinski definition) is 5. The lowest BCUT2D eigenvalue weighted by Gasteiger charge is -2.16. The number of rotatable bonds is 10. The smallest absolute Gasteiger partial charge is 0.200 e. The molecule has 0 amide bonds. The van der Waals surface area contributed by atoms with Crippen molar-refractivity contribution in [3.63, 3.8) is 0 Å². The summed E-state index contributed by atoms with van der Waals surface area (Å²) in [4.78, 5) is 9.24. The van der Waals surface area contributed by atoms with Crippen LogP contribution in [0.2, 0.25) is 10.0 Å². The second-order valence-corrected chi connectivity index (χ2v) is 9.93. The number of methoxy groups -OCH3 is 1. The second-order valence-electron chi connectivity index (χ2n) is 9.06. The average Bonchev–Trinajstić information content (AvgIpc) is 2.99. The Labute approximate surface area is 249 Å². The van der Waals surface area contributed by atoms with Crippen molar-refractivity contribution in [1.82, 2.24) is 4.98 Å². The second kappa shape index (κ2) is 13.7. The van der Waals surface area contributed by atoms with Gasteiger partial charge in [0.05, 0.1) is 18.3 Å². The predicted octanol–water partition coefficient (Wildman–Crippen LogP) is 8.72. The molecule has 5 rings (SSSR count). The zero-order valence-corrected chi connectivity index (χ0v) is 23.9. The molecule has 0 aliphatic rings. The van der Waals surface area contributed by atoms with Crippen molar-refractivity contribution in [3.8, 4) is 17.2 Å². The van der Waals surface area contributed by atoms with Crippen LogP contribution in [0.25, 0.3) is 10.9 Å². The van der Waals surface area contributed by atoms with E-state index in [-0.39, 0.29) is 0 Å². The highest BCUT2D eigenvalue weighted by Gasteiger charge is 2.09. The van der Waals surface area contributed by atoms with Gasteiger partial charge in [0.1, 0.15) is 11.5 Å². The van der Waals surface area contributed by atoms with Crippen molar-refractivity contribution in [1.29, 1.82) is 0 Å². The first-order valence-corrected chi connectivity index (χ1v) is 13.9. The summed E-state index contributed by atoms with van der Waals surface area (Å²) < 4.78 is 11.4. The van der Waals surface area contributed by atoms with Gasteiger partial charge in [-0.3, -0.25) is 9.98 Å². The Hall–Kier alpha value is -4.46. The SMILES string of the molecule is COc1ccc(Oc2ccccc2NC(=NCCCNc2ccnc3cc(Cl)ccc23)Nc2ccc(Cl)cc2)cc1. The van der Waals surface area contributed by atoms with Gasteiger partial charge in [-0.1, -0.05) is 35.3 Å². The van der Waals surface area contributed by atoms with Gasteiger partial charge in [-0.05, 0) is 91.3 Å². The standard InChI is InChI=1S/C32H29Cl2N5O2/c1-40-25-12-14-26(15-13-25)41-31-6-3-2-5-29(31)39-32(38-24-10-7-22(33)8-11-24)37-19-4-18-35-28-17-20-36-30-21-23(34)9-16-27(28)30/h2-3,5-17,20-21H,4,18-19H2,1H3,(H,35,36)(H2,37,38,39). The van der Waals surface area contributed by atoms with Crippen LogP contribution in [0.5, 0.6) is 17.2 Å². The summed E-state index contributed by atoms with van der Waals surface area (Å²) in [6.07, 6.45) is 2.58. The number of ether oxygens (including phenoxy) is 2. The van der Waals surface area contributed by atoms with E-state index in [0.717, 1.165) is 46.7 Å². The third kappa shape index (κ3) is 7.81. The minimum atomic E-state index is 0.576. The Morgan fingerprint density at radius 1 is 0.805 bits per heavy atom. The molecule has 208 valence electrons.